The smallest absolute Gasteiger partial charge is 0.311 e. The van der Waals surface area contributed by atoms with E-state index >= 15 is 0 Å². The van der Waals surface area contributed by atoms with Crippen LogP contribution in [0.1, 0.15) is 74.9 Å². The highest BCUT2D eigenvalue weighted by molar-refractivity contribution is 5.80. The first-order valence-corrected chi connectivity index (χ1v) is 23.9. The Morgan fingerprint density at radius 1 is 0.534 bits per heavy atom. The van der Waals surface area contributed by atoms with Crippen molar-refractivity contribution in [2.75, 3.05) is 79.1 Å². The van der Waals surface area contributed by atoms with Crippen molar-refractivity contribution in [1.29, 1.82) is 0 Å². The van der Waals surface area contributed by atoms with Gasteiger partial charge in [0.05, 0.1) is 103 Å². The van der Waals surface area contributed by atoms with E-state index < -0.39 is 22.3 Å². The van der Waals surface area contributed by atoms with E-state index in [2.05, 4.69) is 52.2 Å². The van der Waals surface area contributed by atoms with E-state index in [1.807, 2.05) is 0 Å². The Labute approximate surface area is 421 Å². The van der Waals surface area contributed by atoms with Gasteiger partial charge in [-0.3, -0.25) is 48.1 Å². The molecular weight excluding hydrogens is 961 g/mol. The van der Waals surface area contributed by atoms with Crippen molar-refractivity contribution >= 4 is 35.3 Å². The molecule has 0 atom stereocenters. The van der Waals surface area contributed by atoms with Gasteiger partial charge in [-0.2, -0.15) is 0 Å². The minimum Gasteiger partial charge on any atom is -0.427 e. The number of non-ortho nitro benzene ring substituents is 1. The number of nitro benzene ring substituents is 1. The number of nitrogens with one attached hydrogen (secondary N) is 4. The molecule has 0 bridgehead atoms. The fourth-order valence-corrected chi connectivity index (χ4v) is 6.82. The Balaban J connectivity index is 1.31. The van der Waals surface area contributed by atoms with Gasteiger partial charge in [-0.15, -0.1) is 15.3 Å². The molecule has 0 radical (unpaired) electrons. The van der Waals surface area contributed by atoms with Crippen LogP contribution in [-0.4, -0.2) is 164 Å². The number of carbonyl (C=O) groups is 5. The summed E-state index contributed by atoms with van der Waals surface area (Å²) >= 11 is 0. The summed E-state index contributed by atoms with van der Waals surface area (Å²) < 4.78 is 43.4. The van der Waals surface area contributed by atoms with Crippen molar-refractivity contribution in [3.05, 3.63) is 70.1 Å². The lowest BCUT2D eigenvalue weighted by molar-refractivity contribution is -0.384. The van der Waals surface area contributed by atoms with Crippen molar-refractivity contribution in [2.24, 2.45) is 21.1 Å². The molecule has 73 heavy (non-hydrogen) atoms. The average Bonchev–Trinajstić information content (AvgIpc) is 4.12. The predicted molar refractivity (Wildman–Crippen MR) is 255 cm³/mol. The van der Waals surface area contributed by atoms with Crippen LogP contribution < -0.4 is 26.0 Å². The molecule has 4 aromatic rings. The van der Waals surface area contributed by atoms with Gasteiger partial charge >= 0.3 is 5.97 Å². The highest BCUT2D eigenvalue weighted by Gasteiger charge is 2.33. The number of hydrogen-bond acceptors (Lipinski definition) is 20. The van der Waals surface area contributed by atoms with Gasteiger partial charge < -0.3 is 54.4 Å². The van der Waals surface area contributed by atoms with Crippen molar-refractivity contribution in [2.45, 2.75) is 83.1 Å². The van der Waals surface area contributed by atoms with Crippen LogP contribution in [0.25, 0.3) is 0 Å². The van der Waals surface area contributed by atoms with Crippen LogP contribution in [0.4, 0.5) is 5.69 Å². The van der Waals surface area contributed by atoms with Crippen LogP contribution in [-0.2, 0) is 93.4 Å². The Kier molecular flexibility index (Phi) is 27.1. The summed E-state index contributed by atoms with van der Waals surface area (Å²) in [4.78, 5) is 76.5. The number of carbonyl (C=O) groups excluding carboxylic acids is 5. The molecule has 28 heteroatoms. The number of amides is 4. The summed E-state index contributed by atoms with van der Waals surface area (Å²) in [6.45, 7) is 3.75. The second kappa shape index (κ2) is 33.7. The second-order valence-electron chi connectivity index (χ2n) is 16.6. The summed E-state index contributed by atoms with van der Waals surface area (Å²) in [5.41, 5.74) is 0.650. The van der Waals surface area contributed by atoms with Crippen molar-refractivity contribution < 1.29 is 62.1 Å². The van der Waals surface area contributed by atoms with Crippen LogP contribution in [0.5, 0.6) is 5.75 Å². The van der Waals surface area contributed by atoms with Gasteiger partial charge in [0.25, 0.3) is 5.69 Å². The van der Waals surface area contributed by atoms with Gasteiger partial charge in [0.1, 0.15) is 22.8 Å². The third kappa shape index (κ3) is 25.9. The number of nitro groups is 1. The molecule has 0 saturated heterocycles. The number of hydrogen-bond donors (Lipinski definition) is 4. The molecule has 402 valence electrons. The van der Waals surface area contributed by atoms with E-state index in [0.717, 1.165) is 0 Å². The molecule has 3 heterocycles. The topological polar surface area (TPSA) is 333 Å². The summed E-state index contributed by atoms with van der Waals surface area (Å²) in [5.74, 6) is -2.08. The quantitative estimate of drug-likeness (QED) is 0.0153. The SMILES string of the molecule is Cn1cc(COCCOCCNC(=O)CCC(CCC(=O)NCCOCCOCc2cn(C)nn2)(CCC(=O)NCCOCCOCc2cn(C)nn2)NC(=O)CCCC(=O)Oc2ccc([N+](=O)[O-])cc2)nn1. The van der Waals surface area contributed by atoms with E-state index in [-0.39, 0.29) is 166 Å². The first-order chi connectivity index (χ1) is 35.3. The molecule has 0 saturated carbocycles. The minimum atomic E-state index is -1.23. The minimum absolute atomic E-state index is 0.0553. The Hall–Kier alpha value is -6.85. The Morgan fingerprint density at radius 2 is 0.918 bits per heavy atom. The molecule has 4 rings (SSSR count). The fourth-order valence-electron chi connectivity index (χ4n) is 6.82. The van der Waals surface area contributed by atoms with Crippen LogP contribution in [0.15, 0.2) is 42.9 Å². The molecule has 3 aromatic heterocycles. The van der Waals surface area contributed by atoms with E-state index in [9.17, 15) is 34.1 Å². The predicted octanol–water partition coefficient (Wildman–Crippen LogP) is 0.300. The second-order valence-corrected chi connectivity index (χ2v) is 16.6. The van der Waals surface area contributed by atoms with Crippen molar-refractivity contribution in [3.63, 3.8) is 0 Å². The van der Waals surface area contributed by atoms with Gasteiger partial charge in [0.15, 0.2) is 0 Å². The van der Waals surface area contributed by atoms with Gasteiger partial charge in [0.2, 0.25) is 23.6 Å². The maximum absolute atomic E-state index is 13.7. The summed E-state index contributed by atoms with van der Waals surface area (Å²) in [5, 5.41) is 45.9. The standard InChI is InChI=1S/C45H68N14O14/c1-56-29-35(50-53-56)32-70-26-23-67-20-17-46-40(60)11-14-45(15-12-41(61)47-18-21-68-24-27-71-33-36-30-57(2)54-51-36,16-13-42(62)48-19-22-69-25-28-72-34-37-31-58(3)55-52-37)49-43(63)5-4-6-44(64)73-39-9-7-38(8-10-39)59(65)66/h7-10,29-31H,4-6,11-28,32-34H2,1-3H3,(H,46,60)(H,47,61)(H,48,62)(H,49,63). The monoisotopic (exact) mass is 1030 g/mol. The van der Waals surface area contributed by atoms with Crippen LogP contribution in [0.3, 0.4) is 0 Å². The number of nitrogens with zero attached hydrogens (tertiary/aromatic N) is 10. The number of aryl methyl sites for hydroxylation is 3. The normalized spacial score (nSPS) is 11.3. The van der Waals surface area contributed by atoms with E-state index in [0.29, 0.717) is 36.9 Å². The molecule has 0 fully saturated rings. The zero-order valence-electron chi connectivity index (χ0n) is 41.7. The van der Waals surface area contributed by atoms with E-state index in [1.165, 1.54) is 24.3 Å². The lowest BCUT2D eigenvalue weighted by Gasteiger charge is -2.35. The molecule has 0 unspecified atom stereocenters. The number of benzene rings is 1. The van der Waals surface area contributed by atoms with Crippen molar-refractivity contribution in [3.8, 4) is 5.75 Å². The highest BCUT2D eigenvalue weighted by atomic mass is 16.6. The maximum Gasteiger partial charge on any atom is 0.311 e. The molecule has 0 aliphatic rings. The summed E-state index contributed by atoms with van der Waals surface area (Å²) in [7, 11) is 5.27. The van der Waals surface area contributed by atoms with E-state index in [4.69, 9.17) is 33.2 Å². The third-order valence-electron chi connectivity index (χ3n) is 10.5. The van der Waals surface area contributed by atoms with Crippen LogP contribution in [0, 0.1) is 10.1 Å². The lowest BCUT2D eigenvalue weighted by atomic mass is 9.83. The van der Waals surface area contributed by atoms with Crippen LogP contribution in [0.2, 0.25) is 0 Å². The van der Waals surface area contributed by atoms with Gasteiger partial charge in [-0.1, -0.05) is 15.6 Å². The van der Waals surface area contributed by atoms with Crippen molar-refractivity contribution in [1.82, 2.24) is 66.2 Å². The molecule has 0 spiro atoms. The zero-order chi connectivity index (χ0) is 52.5. The molecule has 1 aromatic carbocycles. The van der Waals surface area contributed by atoms with Gasteiger partial charge in [-0.25, -0.2) is 0 Å². The molecular formula is C45H68N14O14. The largest absolute Gasteiger partial charge is 0.427 e. The number of aromatic nitrogens is 9. The maximum atomic E-state index is 13.7. The molecule has 4 N–H and O–H groups in total. The van der Waals surface area contributed by atoms with E-state index in [1.54, 1.807) is 53.8 Å². The van der Waals surface area contributed by atoms with Crippen LogP contribution >= 0.6 is 0 Å². The fraction of sp³-hybridized carbons (Fsp3) is 0.622. The Bertz CT molecular complexity index is 2100. The van der Waals surface area contributed by atoms with Gasteiger partial charge in [-0.05, 0) is 37.8 Å². The summed E-state index contributed by atoms with van der Waals surface area (Å²) in [6, 6.07) is 5.00. The summed E-state index contributed by atoms with van der Waals surface area (Å²) in [6.07, 6.45) is 4.94. The molecule has 0 aliphatic carbocycles. The Morgan fingerprint density at radius 3 is 1.27 bits per heavy atom. The number of esters is 1. The first kappa shape index (κ1) is 58.7. The molecule has 28 nitrogen and oxygen atoms in total. The average molecular weight is 1030 g/mol. The first-order valence-electron chi connectivity index (χ1n) is 23.9. The number of rotatable bonds is 40. The number of ether oxygens (including phenoxy) is 7. The highest BCUT2D eigenvalue weighted by Crippen LogP contribution is 2.27. The molecule has 0 aliphatic heterocycles. The van der Waals surface area contributed by atoms with Gasteiger partial charge in [0, 0.05) is 90.6 Å². The third-order valence-corrected chi connectivity index (χ3v) is 10.5. The molecule has 4 amide bonds. The lowest BCUT2D eigenvalue weighted by Crippen LogP contribution is -2.50. The zero-order valence-corrected chi connectivity index (χ0v) is 41.7.